The number of rotatable bonds is 6. The second-order valence-corrected chi connectivity index (χ2v) is 5.23. The molecule has 0 radical (unpaired) electrons. The molecule has 0 saturated carbocycles. The van der Waals surface area contributed by atoms with E-state index in [0.29, 0.717) is 16.6 Å². The molecule has 0 atom stereocenters. The molecule has 0 aromatic carbocycles. The average Bonchev–Trinajstić information content (AvgIpc) is 2.86. The number of ether oxygens (including phenoxy) is 1. The van der Waals surface area contributed by atoms with E-state index in [1.807, 2.05) is 0 Å². The van der Waals surface area contributed by atoms with E-state index in [2.05, 4.69) is 20.5 Å². The summed E-state index contributed by atoms with van der Waals surface area (Å²) < 4.78 is 6.35. The van der Waals surface area contributed by atoms with Crippen molar-refractivity contribution in [2.24, 2.45) is 0 Å². The van der Waals surface area contributed by atoms with Gasteiger partial charge in [0.05, 0.1) is 12.4 Å². The Balaban J connectivity index is 1.96. The van der Waals surface area contributed by atoms with Gasteiger partial charge in [0.2, 0.25) is 11.7 Å². The highest BCUT2D eigenvalue weighted by Gasteiger charge is 2.12. The van der Waals surface area contributed by atoms with Gasteiger partial charge in [-0.25, -0.2) is 0 Å². The molecule has 10 heteroatoms. The zero-order chi connectivity index (χ0) is 16.1. The molecule has 0 spiro atoms. The number of carbonyl (C=O) groups is 2. The maximum absolute atomic E-state index is 11.7. The van der Waals surface area contributed by atoms with Crippen LogP contribution in [0.15, 0.2) is 16.0 Å². The van der Waals surface area contributed by atoms with Gasteiger partial charge < -0.3 is 10.1 Å². The molecule has 22 heavy (non-hydrogen) atoms. The fourth-order valence-electron chi connectivity index (χ4n) is 1.73. The largest absolute Gasteiger partial charge is 0.465 e. The van der Waals surface area contributed by atoms with E-state index >= 15 is 0 Å². The number of aromatic amines is 1. The van der Waals surface area contributed by atoms with Gasteiger partial charge in [0.1, 0.15) is 6.54 Å². The summed E-state index contributed by atoms with van der Waals surface area (Å²) in [6.07, 6.45) is 0. The smallest absolute Gasteiger partial charge is 0.325 e. The molecule has 2 heterocycles. The van der Waals surface area contributed by atoms with Crippen LogP contribution in [0.3, 0.4) is 0 Å². The first kappa shape index (κ1) is 16.0. The van der Waals surface area contributed by atoms with Gasteiger partial charge in [0, 0.05) is 11.8 Å². The third-order valence-electron chi connectivity index (χ3n) is 2.63. The van der Waals surface area contributed by atoms with E-state index in [1.165, 1.54) is 6.07 Å². The van der Waals surface area contributed by atoms with Crippen molar-refractivity contribution in [2.45, 2.75) is 19.0 Å². The molecular weight excluding hydrogens is 310 g/mol. The molecule has 9 nitrogen and oxygen atoms in total. The van der Waals surface area contributed by atoms with Crippen molar-refractivity contribution in [3.8, 4) is 0 Å². The van der Waals surface area contributed by atoms with E-state index in [4.69, 9.17) is 4.74 Å². The molecule has 0 bridgehead atoms. The zero-order valence-electron chi connectivity index (χ0n) is 12.1. The molecular formula is C12H15N5O4S. The highest BCUT2D eigenvalue weighted by atomic mass is 32.2. The Morgan fingerprint density at radius 1 is 1.45 bits per heavy atom. The number of hydrogen-bond acceptors (Lipinski definition) is 7. The number of amides is 1. The Morgan fingerprint density at radius 2 is 2.23 bits per heavy atom. The maximum atomic E-state index is 11.7. The number of nitrogens with zero attached hydrogens (tertiary/aromatic N) is 3. The fourth-order valence-corrected chi connectivity index (χ4v) is 2.55. The van der Waals surface area contributed by atoms with Gasteiger partial charge in [0.15, 0.2) is 5.16 Å². The number of fused-ring (bicyclic) bond motifs is 1. The summed E-state index contributed by atoms with van der Waals surface area (Å²) in [7, 11) is 0. The Bertz CT molecular complexity index is 754. The number of aryl methyl sites for hydroxylation is 1. The molecule has 0 fully saturated rings. The minimum absolute atomic E-state index is 0.0682. The lowest BCUT2D eigenvalue weighted by molar-refractivity contribution is -0.143. The van der Waals surface area contributed by atoms with Crippen LogP contribution in [-0.2, 0) is 14.3 Å². The average molecular weight is 325 g/mol. The predicted octanol–water partition coefficient (Wildman–Crippen LogP) is -0.503. The highest BCUT2D eigenvalue weighted by Crippen LogP contribution is 2.16. The van der Waals surface area contributed by atoms with Crippen LogP contribution in [0.2, 0.25) is 0 Å². The monoisotopic (exact) mass is 325 g/mol. The van der Waals surface area contributed by atoms with Crippen LogP contribution < -0.4 is 10.9 Å². The molecule has 2 aromatic rings. The van der Waals surface area contributed by atoms with Crippen molar-refractivity contribution in [1.82, 2.24) is 24.9 Å². The SMILES string of the molecule is CCOC(=O)CNC(=O)CSc1nnc2[nH]c(=O)cc(C)n12. The Hall–Kier alpha value is -2.36. The molecule has 118 valence electrons. The topological polar surface area (TPSA) is 118 Å². The Morgan fingerprint density at radius 3 is 2.95 bits per heavy atom. The van der Waals surface area contributed by atoms with Gasteiger partial charge in [-0.05, 0) is 13.8 Å². The highest BCUT2D eigenvalue weighted by molar-refractivity contribution is 7.99. The number of thioether (sulfide) groups is 1. The second kappa shape index (κ2) is 7.07. The van der Waals surface area contributed by atoms with Gasteiger partial charge in [-0.2, -0.15) is 0 Å². The molecule has 0 saturated heterocycles. The first-order valence-electron chi connectivity index (χ1n) is 6.51. The lowest BCUT2D eigenvalue weighted by atomic mass is 10.4. The third kappa shape index (κ3) is 3.85. The van der Waals surface area contributed by atoms with Crippen LogP contribution in [0.1, 0.15) is 12.6 Å². The second-order valence-electron chi connectivity index (χ2n) is 4.29. The lowest BCUT2D eigenvalue weighted by Crippen LogP contribution is -2.31. The summed E-state index contributed by atoms with van der Waals surface area (Å²) in [6.45, 7) is 3.54. The molecule has 0 aliphatic heterocycles. The van der Waals surface area contributed by atoms with Gasteiger partial charge >= 0.3 is 5.97 Å². The number of aromatic nitrogens is 4. The quantitative estimate of drug-likeness (QED) is 0.543. The van der Waals surface area contributed by atoms with Crippen LogP contribution in [0.4, 0.5) is 0 Å². The van der Waals surface area contributed by atoms with Crippen molar-refractivity contribution in [3.63, 3.8) is 0 Å². The molecule has 0 unspecified atom stereocenters. The van der Waals surface area contributed by atoms with E-state index in [9.17, 15) is 14.4 Å². The number of hydrogen-bond donors (Lipinski definition) is 2. The Labute approximate surface area is 129 Å². The molecule has 0 aliphatic rings. The first-order chi connectivity index (χ1) is 10.5. The normalized spacial score (nSPS) is 10.6. The number of esters is 1. The van der Waals surface area contributed by atoms with Gasteiger partial charge in [-0.3, -0.25) is 23.8 Å². The van der Waals surface area contributed by atoms with Crippen molar-refractivity contribution in [1.29, 1.82) is 0 Å². The van der Waals surface area contributed by atoms with E-state index in [0.717, 1.165) is 11.8 Å². The minimum Gasteiger partial charge on any atom is -0.465 e. The van der Waals surface area contributed by atoms with Crippen LogP contribution >= 0.6 is 11.8 Å². The minimum atomic E-state index is -0.484. The third-order valence-corrected chi connectivity index (χ3v) is 3.56. The zero-order valence-corrected chi connectivity index (χ0v) is 12.9. The lowest BCUT2D eigenvalue weighted by Gasteiger charge is -2.05. The predicted molar refractivity (Wildman–Crippen MR) is 78.7 cm³/mol. The van der Waals surface area contributed by atoms with Gasteiger partial charge in [-0.1, -0.05) is 11.8 Å². The molecule has 2 rings (SSSR count). The number of nitrogens with one attached hydrogen (secondary N) is 2. The van der Waals surface area contributed by atoms with Crippen LogP contribution in [0, 0.1) is 6.92 Å². The summed E-state index contributed by atoms with van der Waals surface area (Å²) in [6, 6.07) is 1.42. The molecule has 2 N–H and O–H groups in total. The summed E-state index contributed by atoms with van der Waals surface area (Å²) >= 11 is 1.15. The van der Waals surface area contributed by atoms with Crippen LogP contribution in [-0.4, -0.2) is 50.4 Å². The number of H-pyrrole nitrogens is 1. The van der Waals surface area contributed by atoms with Crippen molar-refractivity contribution < 1.29 is 14.3 Å². The first-order valence-corrected chi connectivity index (χ1v) is 7.50. The Kier molecular flexibility index (Phi) is 5.15. The summed E-state index contributed by atoms with van der Waals surface area (Å²) in [5.41, 5.74) is 0.402. The van der Waals surface area contributed by atoms with Crippen molar-refractivity contribution in [2.75, 3.05) is 18.9 Å². The summed E-state index contributed by atoms with van der Waals surface area (Å²) in [4.78, 5) is 36.7. The van der Waals surface area contributed by atoms with E-state index < -0.39 is 5.97 Å². The van der Waals surface area contributed by atoms with Gasteiger partial charge in [0.25, 0.3) is 5.56 Å². The van der Waals surface area contributed by atoms with Crippen LogP contribution in [0.25, 0.3) is 5.78 Å². The maximum Gasteiger partial charge on any atom is 0.325 e. The van der Waals surface area contributed by atoms with Crippen LogP contribution in [0.5, 0.6) is 0 Å². The summed E-state index contributed by atoms with van der Waals surface area (Å²) in [5.74, 6) is -0.419. The van der Waals surface area contributed by atoms with E-state index in [-0.39, 0.29) is 30.4 Å². The summed E-state index contributed by atoms with van der Waals surface area (Å²) in [5, 5.41) is 10.7. The molecule has 2 aromatic heterocycles. The van der Waals surface area contributed by atoms with E-state index in [1.54, 1.807) is 18.2 Å². The fraction of sp³-hybridized carbons (Fsp3) is 0.417. The van der Waals surface area contributed by atoms with Gasteiger partial charge in [-0.15, -0.1) is 10.2 Å². The molecule has 1 amide bonds. The molecule has 0 aliphatic carbocycles. The van der Waals surface area contributed by atoms with Crippen molar-refractivity contribution in [3.05, 3.63) is 22.1 Å². The van der Waals surface area contributed by atoms with Crippen molar-refractivity contribution >= 4 is 29.4 Å². The standard InChI is InChI=1S/C12H15N5O4S/c1-3-21-10(20)5-13-9(19)6-22-12-16-15-11-14-8(18)4-7(2)17(11)12/h4H,3,5-6H2,1-2H3,(H,13,19)(H,14,15,18). The number of carbonyl (C=O) groups excluding carboxylic acids is 2.